The van der Waals surface area contributed by atoms with Gasteiger partial charge >= 0.3 is 5.97 Å². The SMILES string of the molecule is CC(C)OC(=O)c1ccc2c(c1)C(N1CCN(C)CC1)CCC2. The van der Waals surface area contributed by atoms with E-state index >= 15 is 0 Å². The van der Waals surface area contributed by atoms with Gasteiger partial charge in [0.1, 0.15) is 0 Å². The second kappa shape index (κ2) is 7.02. The number of carbonyl (C=O) groups excluding carboxylic acids is 1. The Morgan fingerprint density at radius 3 is 2.65 bits per heavy atom. The number of rotatable bonds is 3. The maximum Gasteiger partial charge on any atom is 0.338 e. The second-order valence-electron chi connectivity index (χ2n) is 7.11. The van der Waals surface area contributed by atoms with E-state index in [0.717, 1.165) is 32.6 Å². The van der Waals surface area contributed by atoms with Crippen molar-refractivity contribution in [2.75, 3.05) is 33.2 Å². The highest BCUT2D eigenvalue weighted by molar-refractivity contribution is 5.89. The molecule has 23 heavy (non-hydrogen) atoms. The number of esters is 1. The lowest BCUT2D eigenvalue weighted by atomic mass is 9.85. The standard InChI is InChI=1S/C19H28N2O2/c1-14(2)23-19(22)16-8-7-15-5-4-6-18(17(15)13-16)21-11-9-20(3)10-12-21/h7-8,13-14,18H,4-6,9-12H2,1-3H3. The van der Waals surface area contributed by atoms with Gasteiger partial charge in [0, 0.05) is 32.2 Å². The van der Waals surface area contributed by atoms with Gasteiger partial charge in [-0.25, -0.2) is 4.79 Å². The highest BCUT2D eigenvalue weighted by Gasteiger charge is 2.28. The second-order valence-corrected chi connectivity index (χ2v) is 7.11. The first-order valence-corrected chi connectivity index (χ1v) is 8.81. The Hall–Kier alpha value is -1.39. The lowest BCUT2D eigenvalue weighted by Crippen LogP contribution is -2.46. The van der Waals surface area contributed by atoms with Gasteiger partial charge in [0.2, 0.25) is 0 Å². The average Bonchev–Trinajstić information content (AvgIpc) is 2.54. The zero-order valence-corrected chi connectivity index (χ0v) is 14.5. The quantitative estimate of drug-likeness (QED) is 0.803. The van der Waals surface area contributed by atoms with Crippen molar-refractivity contribution in [3.05, 3.63) is 34.9 Å². The summed E-state index contributed by atoms with van der Waals surface area (Å²) in [6.07, 6.45) is 3.48. The van der Waals surface area contributed by atoms with Gasteiger partial charge in [-0.3, -0.25) is 4.90 Å². The number of hydrogen-bond acceptors (Lipinski definition) is 4. The molecule has 4 heteroatoms. The summed E-state index contributed by atoms with van der Waals surface area (Å²) in [7, 11) is 2.19. The minimum absolute atomic E-state index is 0.0769. The molecule has 0 aromatic heterocycles. The normalized spacial score (nSPS) is 22.9. The molecule has 2 aliphatic rings. The third kappa shape index (κ3) is 3.75. The maximum absolute atomic E-state index is 12.2. The fourth-order valence-corrected chi connectivity index (χ4v) is 3.70. The Kier molecular flexibility index (Phi) is 5.02. The molecule has 4 nitrogen and oxygen atoms in total. The molecule has 0 bridgehead atoms. The predicted octanol–water partition coefficient (Wildman–Crippen LogP) is 2.88. The van der Waals surface area contributed by atoms with Crippen LogP contribution in [0.5, 0.6) is 0 Å². The van der Waals surface area contributed by atoms with E-state index in [2.05, 4.69) is 29.0 Å². The number of ether oxygens (including phenoxy) is 1. The van der Waals surface area contributed by atoms with E-state index < -0.39 is 0 Å². The number of carbonyl (C=O) groups is 1. The van der Waals surface area contributed by atoms with E-state index in [0.29, 0.717) is 11.6 Å². The third-order valence-corrected chi connectivity index (χ3v) is 4.99. The van der Waals surface area contributed by atoms with Crippen LogP contribution < -0.4 is 0 Å². The first-order chi connectivity index (χ1) is 11.0. The van der Waals surface area contributed by atoms with Crippen molar-refractivity contribution in [3.8, 4) is 0 Å². The Bertz CT molecular complexity index is 562. The number of likely N-dealkylation sites (N-methyl/N-ethyl adjacent to an activating group) is 1. The van der Waals surface area contributed by atoms with Gasteiger partial charge in [0.25, 0.3) is 0 Å². The molecule has 1 fully saturated rings. The minimum atomic E-state index is -0.203. The number of piperazine rings is 1. The van der Waals surface area contributed by atoms with E-state index in [1.807, 2.05) is 19.9 Å². The van der Waals surface area contributed by atoms with Gasteiger partial charge in [-0.15, -0.1) is 0 Å². The zero-order chi connectivity index (χ0) is 16.4. The number of aryl methyl sites for hydroxylation is 1. The fraction of sp³-hybridized carbons (Fsp3) is 0.632. The molecular formula is C19H28N2O2. The maximum atomic E-state index is 12.2. The van der Waals surface area contributed by atoms with E-state index in [4.69, 9.17) is 4.74 Å². The van der Waals surface area contributed by atoms with Crippen LogP contribution in [0, 0.1) is 0 Å². The Morgan fingerprint density at radius 1 is 1.22 bits per heavy atom. The number of hydrogen-bond donors (Lipinski definition) is 0. The number of nitrogens with zero attached hydrogens (tertiary/aromatic N) is 2. The molecule has 0 amide bonds. The minimum Gasteiger partial charge on any atom is -0.459 e. The fourth-order valence-electron chi connectivity index (χ4n) is 3.70. The van der Waals surface area contributed by atoms with Crippen LogP contribution in [0.3, 0.4) is 0 Å². The average molecular weight is 316 g/mol. The lowest BCUT2D eigenvalue weighted by molar-refractivity contribution is 0.0377. The van der Waals surface area contributed by atoms with Gasteiger partial charge in [-0.2, -0.15) is 0 Å². The highest BCUT2D eigenvalue weighted by Crippen LogP contribution is 2.35. The molecule has 0 radical (unpaired) electrons. The van der Waals surface area contributed by atoms with Crippen molar-refractivity contribution in [3.63, 3.8) is 0 Å². The number of fused-ring (bicyclic) bond motifs is 1. The first kappa shape index (κ1) is 16.5. The van der Waals surface area contributed by atoms with Crippen molar-refractivity contribution in [1.82, 2.24) is 9.80 Å². The molecule has 3 rings (SSSR count). The molecule has 1 saturated heterocycles. The Morgan fingerprint density at radius 2 is 1.96 bits per heavy atom. The molecule has 1 aliphatic carbocycles. The summed E-state index contributed by atoms with van der Waals surface area (Å²) in [5.41, 5.74) is 3.44. The van der Waals surface area contributed by atoms with Gasteiger partial charge in [-0.05, 0) is 63.4 Å². The molecule has 1 unspecified atom stereocenters. The van der Waals surface area contributed by atoms with Crippen molar-refractivity contribution in [2.24, 2.45) is 0 Å². The molecule has 0 saturated carbocycles. The molecule has 1 aromatic rings. The molecule has 0 spiro atoms. The van der Waals surface area contributed by atoms with Crippen LogP contribution in [-0.4, -0.2) is 55.1 Å². The molecule has 1 aromatic carbocycles. The van der Waals surface area contributed by atoms with Crippen molar-refractivity contribution >= 4 is 5.97 Å². The zero-order valence-electron chi connectivity index (χ0n) is 14.5. The summed E-state index contributed by atoms with van der Waals surface area (Å²) in [6.45, 7) is 8.26. The molecule has 126 valence electrons. The summed E-state index contributed by atoms with van der Waals surface area (Å²) >= 11 is 0. The smallest absolute Gasteiger partial charge is 0.338 e. The molecular weight excluding hydrogens is 288 g/mol. The van der Waals surface area contributed by atoms with Crippen LogP contribution in [0.4, 0.5) is 0 Å². The van der Waals surface area contributed by atoms with Crippen LogP contribution in [0.25, 0.3) is 0 Å². The third-order valence-electron chi connectivity index (χ3n) is 4.99. The molecule has 0 N–H and O–H groups in total. The summed E-state index contributed by atoms with van der Waals surface area (Å²) in [4.78, 5) is 17.2. The van der Waals surface area contributed by atoms with E-state index in [9.17, 15) is 4.79 Å². The predicted molar refractivity (Wildman–Crippen MR) is 91.7 cm³/mol. The van der Waals surface area contributed by atoms with Crippen LogP contribution in [0.2, 0.25) is 0 Å². The van der Waals surface area contributed by atoms with Crippen molar-refractivity contribution < 1.29 is 9.53 Å². The van der Waals surface area contributed by atoms with Crippen LogP contribution in [0.1, 0.15) is 54.2 Å². The molecule has 1 atom stereocenters. The van der Waals surface area contributed by atoms with Gasteiger partial charge < -0.3 is 9.64 Å². The summed E-state index contributed by atoms with van der Waals surface area (Å²) in [5, 5.41) is 0. The number of benzene rings is 1. The Labute approximate surface area is 139 Å². The van der Waals surface area contributed by atoms with Crippen molar-refractivity contribution in [2.45, 2.75) is 45.3 Å². The van der Waals surface area contributed by atoms with Crippen molar-refractivity contribution in [1.29, 1.82) is 0 Å². The van der Waals surface area contributed by atoms with E-state index in [1.54, 1.807) is 0 Å². The van der Waals surface area contributed by atoms with E-state index in [-0.39, 0.29) is 12.1 Å². The largest absolute Gasteiger partial charge is 0.459 e. The van der Waals surface area contributed by atoms with Crippen LogP contribution >= 0.6 is 0 Å². The van der Waals surface area contributed by atoms with Crippen LogP contribution in [0.15, 0.2) is 18.2 Å². The Balaban J connectivity index is 1.83. The monoisotopic (exact) mass is 316 g/mol. The first-order valence-electron chi connectivity index (χ1n) is 8.81. The van der Waals surface area contributed by atoms with Gasteiger partial charge in [0.15, 0.2) is 0 Å². The summed E-state index contributed by atoms with van der Waals surface area (Å²) in [6, 6.07) is 6.60. The lowest BCUT2D eigenvalue weighted by Gasteiger charge is -2.40. The molecule has 1 aliphatic heterocycles. The van der Waals surface area contributed by atoms with E-state index in [1.165, 1.54) is 24.0 Å². The highest BCUT2D eigenvalue weighted by atomic mass is 16.5. The summed E-state index contributed by atoms with van der Waals surface area (Å²) in [5.74, 6) is -0.203. The summed E-state index contributed by atoms with van der Waals surface area (Å²) < 4.78 is 5.36. The van der Waals surface area contributed by atoms with Gasteiger partial charge in [0.05, 0.1) is 11.7 Å². The molecule has 1 heterocycles. The van der Waals surface area contributed by atoms with Gasteiger partial charge in [-0.1, -0.05) is 6.07 Å². The van der Waals surface area contributed by atoms with Crippen LogP contribution in [-0.2, 0) is 11.2 Å². The topological polar surface area (TPSA) is 32.8 Å².